The fourth-order valence-electron chi connectivity index (χ4n) is 6.34. The molecule has 3 N–H and O–H groups in total. The molecule has 3 aliphatic heterocycles. The summed E-state index contributed by atoms with van der Waals surface area (Å²) < 4.78 is 22.7. The quantitative estimate of drug-likeness (QED) is 0.387. The van der Waals surface area contributed by atoms with E-state index in [-0.39, 0.29) is 22.5 Å². The van der Waals surface area contributed by atoms with Crippen LogP contribution < -0.4 is 26.2 Å². The van der Waals surface area contributed by atoms with Crippen molar-refractivity contribution in [2.45, 2.75) is 43.8 Å². The van der Waals surface area contributed by atoms with E-state index < -0.39 is 0 Å². The molecule has 0 aliphatic carbocycles. The number of likely N-dealkylation sites (N-methyl/N-ethyl adjacent to an activating group) is 1. The van der Waals surface area contributed by atoms with E-state index >= 15 is 0 Å². The van der Waals surface area contributed by atoms with Crippen LogP contribution in [0.4, 0.5) is 15.3 Å². The summed E-state index contributed by atoms with van der Waals surface area (Å²) in [5.74, 6) is 0.224. The van der Waals surface area contributed by atoms with E-state index in [4.69, 9.17) is 20.4 Å². The van der Waals surface area contributed by atoms with Gasteiger partial charge in [0.1, 0.15) is 23.6 Å². The number of hydrogen-bond acceptors (Lipinski definition) is 10. The molecule has 10 nitrogen and oxygen atoms in total. The highest BCUT2D eigenvalue weighted by Crippen LogP contribution is 2.36. The Hall–Kier alpha value is -3.35. The molecule has 3 saturated heterocycles. The summed E-state index contributed by atoms with van der Waals surface area (Å²) in [5, 5.41) is 4.38. The summed E-state index contributed by atoms with van der Waals surface area (Å²) in [7, 11) is 3.82. The molecule has 0 spiro atoms. The van der Waals surface area contributed by atoms with Crippen LogP contribution in [0.1, 0.15) is 25.7 Å². The second-order valence-corrected chi connectivity index (χ2v) is 12.0. The Morgan fingerprint density at radius 2 is 1.95 bits per heavy atom. The number of likely N-dealkylation sites (tertiary alicyclic amines) is 1. The van der Waals surface area contributed by atoms with Crippen LogP contribution >= 0.6 is 11.3 Å². The van der Waals surface area contributed by atoms with Crippen LogP contribution in [0.2, 0.25) is 0 Å². The van der Waals surface area contributed by atoms with E-state index in [1.165, 1.54) is 6.07 Å². The third-order valence-electron chi connectivity index (χ3n) is 8.43. The minimum absolute atomic E-state index is 0.217. The Kier molecular flexibility index (Phi) is 5.94. The Morgan fingerprint density at radius 1 is 1.15 bits per heavy atom. The third-order valence-corrected chi connectivity index (χ3v) is 9.32. The molecule has 39 heavy (non-hydrogen) atoms. The molecule has 0 radical (unpaired) electrons. The molecular weight excluding hydrogens is 519 g/mol. The zero-order chi connectivity index (χ0) is 26.8. The molecule has 3 aromatic heterocycles. The van der Waals surface area contributed by atoms with Gasteiger partial charge in [-0.3, -0.25) is 4.79 Å². The molecule has 4 aromatic rings. The fraction of sp³-hybridized carbons (Fsp3) is 0.481. The van der Waals surface area contributed by atoms with Crippen LogP contribution in [-0.4, -0.2) is 75.8 Å². The maximum absolute atomic E-state index is 14.5. The monoisotopic (exact) mass is 550 g/mol. The Morgan fingerprint density at radius 3 is 2.69 bits per heavy atom. The lowest BCUT2D eigenvalue weighted by molar-refractivity contribution is 0.188. The highest BCUT2D eigenvalue weighted by molar-refractivity contribution is 7.22. The molecule has 2 unspecified atom stereocenters. The molecule has 3 aliphatic rings. The van der Waals surface area contributed by atoms with Crippen molar-refractivity contribution in [2.24, 2.45) is 7.05 Å². The van der Waals surface area contributed by atoms with Crippen molar-refractivity contribution >= 4 is 43.4 Å². The fourth-order valence-corrected chi connectivity index (χ4v) is 7.10. The number of thiazole rings is 1. The number of nitrogens with one attached hydrogen (secondary N) is 1. The number of ether oxygens (including phenoxy) is 1. The molecule has 0 saturated carbocycles. The van der Waals surface area contributed by atoms with Crippen molar-refractivity contribution in [2.75, 3.05) is 43.9 Å². The lowest BCUT2D eigenvalue weighted by atomic mass is 10.1. The van der Waals surface area contributed by atoms with E-state index in [1.807, 2.05) is 6.07 Å². The predicted octanol–water partition coefficient (Wildman–Crippen LogP) is 2.74. The first kappa shape index (κ1) is 24.7. The number of anilines is 2. The lowest BCUT2D eigenvalue weighted by Crippen LogP contribution is -2.51. The molecule has 12 heteroatoms. The number of aromatic nitrogens is 4. The summed E-state index contributed by atoms with van der Waals surface area (Å²) in [4.78, 5) is 32.4. The first-order chi connectivity index (χ1) is 18.9. The van der Waals surface area contributed by atoms with Gasteiger partial charge in [-0.25, -0.2) is 9.37 Å². The number of benzene rings is 1. The summed E-state index contributed by atoms with van der Waals surface area (Å²) >= 11 is 1.09. The van der Waals surface area contributed by atoms with Gasteiger partial charge in [0, 0.05) is 43.8 Å². The van der Waals surface area contributed by atoms with Crippen LogP contribution in [0.25, 0.3) is 32.4 Å². The predicted molar refractivity (Wildman–Crippen MR) is 151 cm³/mol. The standard InChI is InChI=1S/C27H31FN8O2S/c1-34-9-3-4-16(34)13-38-27-31-19-10-20(17-7-8-18(28)23-22(17)32-26(29)39-23)35(2)25(37)21(19)24(33-27)36-11-14-5-6-15(12-36)30-14/h7-8,10,14-16,30H,3-6,9,11-13H2,1-2H3,(H2,29,32)/t14?,15?,16-/m0/s1. The van der Waals surface area contributed by atoms with Crippen molar-refractivity contribution in [3.63, 3.8) is 0 Å². The molecule has 1 aromatic carbocycles. The number of nitrogens with two attached hydrogens (primary N) is 1. The molecular formula is C27H31FN8O2S. The van der Waals surface area contributed by atoms with Gasteiger partial charge in [-0.05, 0) is 57.5 Å². The Bertz CT molecular complexity index is 1640. The topological polar surface area (TPSA) is 114 Å². The average molecular weight is 551 g/mol. The van der Waals surface area contributed by atoms with Crippen molar-refractivity contribution in [1.82, 2.24) is 29.7 Å². The van der Waals surface area contributed by atoms with Gasteiger partial charge in [0.25, 0.3) is 5.56 Å². The molecule has 204 valence electrons. The minimum Gasteiger partial charge on any atom is -0.462 e. The molecule has 3 fully saturated rings. The summed E-state index contributed by atoms with van der Waals surface area (Å²) in [6.45, 7) is 3.08. The lowest BCUT2D eigenvalue weighted by Gasteiger charge is -2.34. The Balaban J connectivity index is 1.38. The minimum atomic E-state index is -0.390. The van der Waals surface area contributed by atoms with Crippen molar-refractivity contribution in [3.8, 4) is 17.3 Å². The first-order valence-corrected chi connectivity index (χ1v) is 14.3. The summed E-state index contributed by atoms with van der Waals surface area (Å²) in [6, 6.07) is 6.20. The number of piperazine rings is 1. The van der Waals surface area contributed by atoms with Crippen LogP contribution in [0, 0.1) is 5.82 Å². The van der Waals surface area contributed by atoms with Gasteiger partial charge in [-0.2, -0.15) is 9.97 Å². The largest absolute Gasteiger partial charge is 0.462 e. The molecule has 0 amide bonds. The maximum Gasteiger partial charge on any atom is 0.319 e. The van der Waals surface area contributed by atoms with Crippen molar-refractivity contribution in [1.29, 1.82) is 0 Å². The molecule has 7 rings (SSSR count). The maximum atomic E-state index is 14.5. The third kappa shape index (κ3) is 4.21. The molecule has 3 atom stereocenters. The van der Waals surface area contributed by atoms with Crippen molar-refractivity contribution < 1.29 is 9.13 Å². The van der Waals surface area contributed by atoms with Gasteiger partial charge in [-0.15, -0.1) is 0 Å². The van der Waals surface area contributed by atoms with Crippen LogP contribution in [-0.2, 0) is 7.05 Å². The summed E-state index contributed by atoms with van der Waals surface area (Å²) in [5.41, 5.74) is 7.84. The normalized spacial score (nSPS) is 23.4. The zero-order valence-corrected chi connectivity index (χ0v) is 22.8. The van der Waals surface area contributed by atoms with Crippen LogP contribution in [0.15, 0.2) is 23.0 Å². The molecule has 6 heterocycles. The average Bonchev–Trinajstić information content (AvgIpc) is 3.62. The van der Waals surface area contributed by atoms with E-state index in [2.05, 4.69) is 27.1 Å². The van der Waals surface area contributed by atoms with E-state index in [0.29, 0.717) is 62.9 Å². The smallest absolute Gasteiger partial charge is 0.319 e. The number of halogens is 1. The number of rotatable bonds is 5. The van der Waals surface area contributed by atoms with E-state index in [0.717, 1.165) is 56.7 Å². The van der Waals surface area contributed by atoms with E-state index in [1.54, 1.807) is 17.7 Å². The first-order valence-electron chi connectivity index (χ1n) is 13.5. The SMILES string of the molecule is CN1CCC[C@H]1COc1nc(N2CC3CCC(C2)N3)c2c(=O)n(C)c(-c3ccc(F)c4sc(N)nc34)cc2n1. The van der Waals surface area contributed by atoms with Crippen molar-refractivity contribution in [3.05, 3.63) is 34.4 Å². The number of nitrogen functional groups attached to an aromatic ring is 1. The van der Waals surface area contributed by atoms with Crippen LogP contribution in [0.5, 0.6) is 6.01 Å². The van der Waals surface area contributed by atoms with Gasteiger partial charge >= 0.3 is 6.01 Å². The number of pyridine rings is 1. The van der Waals surface area contributed by atoms with Gasteiger partial charge in [-0.1, -0.05) is 11.3 Å². The highest BCUT2D eigenvalue weighted by Gasteiger charge is 2.34. The van der Waals surface area contributed by atoms with Crippen LogP contribution in [0.3, 0.4) is 0 Å². The second-order valence-electron chi connectivity index (χ2n) is 10.9. The number of fused-ring (bicyclic) bond motifs is 4. The molecule has 2 bridgehead atoms. The number of hydrogen-bond donors (Lipinski definition) is 2. The van der Waals surface area contributed by atoms with Gasteiger partial charge in [0.15, 0.2) is 5.13 Å². The Labute approximate surface area is 228 Å². The van der Waals surface area contributed by atoms with Gasteiger partial charge < -0.3 is 30.2 Å². The van der Waals surface area contributed by atoms with Gasteiger partial charge in [0.2, 0.25) is 0 Å². The van der Waals surface area contributed by atoms with E-state index in [9.17, 15) is 9.18 Å². The number of nitrogens with zero attached hydrogens (tertiary/aromatic N) is 6. The highest BCUT2D eigenvalue weighted by atomic mass is 32.1. The zero-order valence-electron chi connectivity index (χ0n) is 22.0. The summed E-state index contributed by atoms with van der Waals surface area (Å²) in [6.07, 6.45) is 4.44. The second kappa shape index (κ2) is 9.39. The van der Waals surface area contributed by atoms with Gasteiger partial charge in [0.05, 0.1) is 21.4 Å².